The van der Waals surface area contributed by atoms with Crippen molar-refractivity contribution in [1.82, 2.24) is 20.0 Å². The van der Waals surface area contributed by atoms with E-state index in [9.17, 15) is 9.59 Å². The largest absolute Gasteiger partial charge is 0.497 e. The summed E-state index contributed by atoms with van der Waals surface area (Å²) in [5, 5.41) is 12.4. The Balaban J connectivity index is 1.01. The first-order valence-corrected chi connectivity index (χ1v) is 13.6. The Morgan fingerprint density at radius 3 is 2.23 bits per heavy atom. The Labute approximate surface area is 210 Å². The maximum absolute atomic E-state index is 13.6. The van der Waals surface area contributed by atoms with Crippen molar-refractivity contribution in [3.05, 3.63) is 34.3 Å². The lowest BCUT2D eigenvalue weighted by molar-refractivity contribution is -0.159. The van der Waals surface area contributed by atoms with Crippen LogP contribution in [0.3, 0.4) is 0 Å². The standard InChI is InChI=1S/C26H33N5O3S/c1-34-21-4-2-20(3-5-21)27-23(32)24-29-28-22(35-24)16-30-6-8-31(9-7-30)25(33)26-13-17-10-18(14-26)12-19(11-17)15-26/h2-5,17-19H,6-16H2,1H3,(H,27,32). The summed E-state index contributed by atoms with van der Waals surface area (Å²) in [6.45, 7) is 3.90. The fourth-order valence-corrected chi connectivity index (χ4v) is 8.05. The summed E-state index contributed by atoms with van der Waals surface area (Å²) < 4.78 is 5.15. The fraction of sp³-hybridized carbons (Fsp3) is 0.615. The SMILES string of the molecule is COc1ccc(NC(=O)c2nnc(CN3CCN(C(=O)C45CC6CC(CC(C6)C4)C5)CC3)s2)cc1. The molecule has 1 aromatic carbocycles. The fourth-order valence-electron chi connectivity index (χ4n) is 7.28. The first-order chi connectivity index (χ1) is 17.0. The Morgan fingerprint density at radius 1 is 1.00 bits per heavy atom. The molecule has 0 spiro atoms. The quantitative estimate of drug-likeness (QED) is 0.658. The van der Waals surface area contributed by atoms with E-state index in [1.165, 1.54) is 30.6 Å². The third-order valence-electron chi connectivity index (χ3n) is 8.52. The van der Waals surface area contributed by atoms with Crippen molar-refractivity contribution in [3.8, 4) is 5.75 Å². The number of carbonyl (C=O) groups excluding carboxylic acids is 2. The van der Waals surface area contributed by atoms with Crippen molar-refractivity contribution < 1.29 is 14.3 Å². The first-order valence-electron chi connectivity index (χ1n) is 12.8. The molecule has 0 atom stereocenters. The number of anilines is 1. The van der Waals surface area contributed by atoms with Crippen LogP contribution >= 0.6 is 11.3 Å². The third-order valence-corrected chi connectivity index (χ3v) is 9.43. The smallest absolute Gasteiger partial charge is 0.286 e. The van der Waals surface area contributed by atoms with Crippen LogP contribution in [-0.4, -0.2) is 65.1 Å². The number of hydrogen-bond acceptors (Lipinski definition) is 7. The molecule has 5 aliphatic rings. The van der Waals surface area contributed by atoms with Gasteiger partial charge in [-0.25, -0.2) is 0 Å². The minimum atomic E-state index is -0.259. The molecule has 5 fully saturated rings. The van der Waals surface area contributed by atoms with Crippen LogP contribution in [0.15, 0.2) is 24.3 Å². The molecule has 4 aliphatic carbocycles. The molecule has 4 saturated carbocycles. The predicted molar refractivity (Wildman–Crippen MR) is 133 cm³/mol. The highest BCUT2D eigenvalue weighted by Crippen LogP contribution is 2.60. The zero-order valence-electron chi connectivity index (χ0n) is 20.2. The van der Waals surface area contributed by atoms with Crippen molar-refractivity contribution in [1.29, 1.82) is 0 Å². The Hall–Kier alpha value is -2.52. The number of benzene rings is 1. The number of piperazine rings is 1. The zero-order chi connectivity index (χ0) is 24.0. The number of aromatic nitrogens is 2. The maximum Gasteiger partial charge on any atom is 0.286 e. The van der Waals surface area contributed by atoms with Crippen LogP contribution < -0.4 is 10.1 Å². The van der Waals surface area contributed by atoms with Crippen LogP contribution in [0.2, 0.25) is 0 Å². The molecule has 1 saturated heterocycles. The van der Waals surface area contributed by atoms with E-state index in [1.807, 2.05) is 0 Å². The molecule has 2 aromatic rings. The number of hydrogen-bond donors (Lipinski definition) is 1. The summed E-state index contributed by atoms with van der Waals surface area (Å²) in [6.07, 6.45) is 7.48. The lowest BCUT2D eigenvalue weighted by Crippen LogP contribution is -2.58. The maximum atomic E-state index is 13.6. The molecule has 35 heavy (non-hydrogen) atoms. The highest BCUT2D eigenvalue weighted by molar-refractivity contribution is 7.13. The van der Waals surface area contributed by atoms with Crippen molar-refractivity contribution in [2.75, 3.05) is 38.6 Å². The molecule has 7 rings (SSSR count). The molecule has 9 heteroatoms. The van der Waals surface area contributed by atoms with Gasteiger partial charge in [0.1, 0.15) is 10.8 Å². The molecule has 186 valence electrons. The molecule has 4 bridgehead atoms. The Bertz CT molecular complexity index is 1060. The normalized spacial score (nSPS) is 29.9. The van der Waals surface area contributed by atoms with Crippen molar-refractivity contribution in [2.45, 2.75) is 45.1 Å². The van der Waals surface area contributed by atoms with Gasteiger partial charge < -0.3 is 15.0 Å². The number of methoxy groups -OCH3 is 1. The average Bonchev–Trinajstić information content (AvgIpc) is 3.32. The van der Waals surface area contributed by atoms with Gasteiger partial charge in [-0.05, 0) is 80.5 Å². The third kappa shape index (κ3) is 4.56. The van der Waals surface area contributed by atoms with Crippen LogP contribution in [0.1, 0.15) is 53.3 Å². The van der Waals surface area contributed by atoms with E-state index in [0.29, 0.717) is 23.1 Å². The molecule has 1 N–H and O–H groups in total. The minimum absolute atomic E-state index is 0.0533. The predicted octanol–water partition coefficient (Wildman–Crippen LogP) is 3.66. The zero-order valence-corrected chi connectivity index (χ0v) is 21.1. The number of carbonyl (C=O) groups is 2. The molecule has 2 heterocycles. The molecule has 0 radical (unpaired) electrons. The van der Waals surface area contributed by atoms with Crippen LogP contribution in [0, 0.1) is 23.2 Å². The highest BCUT2D eigenvalue weighted by atomic mass is 32.1. The summed E-state index contributed by atoms with van der Waals surface area (Å²) in [6, 6.07) is 7.19. The van der Waals surface area contributed by atoms with Crippen LogP contribution in [0.5, 0.6) is 5.75 Å². The summed E-state index contributed by atoms with van der Waals surface area (Å²) in [7, 11) is 1.61. The second-order valence-electron chi connectivity index (χ2n) is 10.9. The van der Waals surface area contributed by atoms with Gasteiger partial charge in [0.05, 0.1) is 19.1 Å². The van der Waals surface area contributed by atoms with Crippen LogP contribution in [0.4, 0.5) is 5.69 Å². The van der Waals surface area contributed by atoms with Gasteiger partial charge in [0.2, 0.25) is 10.9 Å². The molecule has 8 nitrogen and oxygen atoms in total. The van der Waals surface area contributed by atoms with Crippen LogP contribution in [0.25, 0.3) is 0 Å². The Kier molecular flexibility index (Phi) is 6.00. The molecule has 0 unspecified atom stereocenters. The lowest BCUT2D eigenvalue weighted by Gasteiger charge is -2.57. The molecule has 2 amide bonds. The number of amides is 2. The van der Waals surface area contributed by atoms with Gasteiger partial charge in [-0.1, -0.05) is 11.3 Å². The second kappa shape index (κ2) is 9.17. The van der Waals surface area contributed by atoms with E-state index in [0.717, 1.165) is 74.0 Å². The van der Waals surface area contributed by atoms with Gasteiger partial charge in [-0.3, -0.25) is 14.5 Å². The molecular weight excluding hydrogens is 462 g/mol. The molecule has 1 aliphatic heterocycles. The van der Waals surface area contributed by atoms with E-state index in [4.69, 9.17) is 4.74 Å². The summed E-state index contributed by atoms with van der Waals surface area (Å²) in [4.78, 5) is 30.6. The van der Waals surface area contributed by atoms with Gasteiger partial charge in [0.25, 0.3) is 5.91 Å². The van der Waals surface area contributed by atoms with Gasteiger partial charge in [0, 0.05) is 31.9 Å². The first kappa shape index (κ1) is 22.9. The second-order valence-corrected chi connectivity index (χ2v) is 12.0. The van der Waals surface area contributed by atoms with Crippen molar-refractivity contribution in [2.24, 2.45) is 23.2 Å². The van der Waals surface area contributed by atoms with E-state index < -0.39 is 0 Å². The highest BCUT2D eigenvalue weighted by Gasteiger charge is 2.55. The monoisotopic (exact) mass is 495 g/mol. The van der Waals surface area contributed by atoms with Crippen molar-refractivity contribution in [3.63, 3.8) is 0 Å². The average molecular weight is 496 g/mol. The van der Waals surface area contributed by atoms with E-state index in [-0.39, 0.29) is 11.3 Å². The number of rotatable bonds is 6. The van der Waals surface area contributed by atoms with Gasteiger partial charge >= 0.3 is 0 Å². The lowest BCUT2D eigenvalue weighted by atomic mass is 9.49. The topological polar surface area (TPSA) is 87.7 Å². The number of nitrogens with zero attached hydrogens (tertiary/aromatic N) is 4. The number of nitrogens with one attached hydrogen (secondary N) is 1. The summed E-state index contributed by atoms with van der Waals surface area (Å²) in [5.41, 5.74) is 0.634. The van der Waals surface area contributed by atoms with Gasteiger partial charge in [-0.2, -0.15) is 0 Å². The Morgan fingerprint density at radius 2 is 1.63 bits per heavy atom. The van der Waals surface area contributed by atoms with E-state index in [1.54, 1.807) is 31.4 Å². The summed E-state index contributed by atoms with van der Waals surface area (Å²) in [5.74, 6) is 3.29. The van der Waals surface area contributed by atoms with Crippen molar-refractivity contribution >= 4 is 28.8 Å². The van der Waals surface area contributed by atoms with Gasteiger partial charge in [-0.15, -0.1) is 10.2 Å². The van der Waals surface area contributed by atoms with Gasteiger partial charge in [0.15, 0.2) is 0 Å². The molecular formula is C26H33N5O3S. The molecule has 1 aromatic heterocycles. The summed E-state index contributed by atoms with van der Waals surface area (Å²) >= 11 is 1.33. The number of ether oxygens (including phenoxy) is 1. The van der Waals surface area contributed by atoms with Crippen LogP contribution in [-0.2, 0) is 11.3 Å². The van der Waals surface area contributed by atoms with E-state index >= 15 is 0 Å². The minimum Gasteiger partial charge on any atom is -0.497 e. The van der Waals surface area contributed by atoms with E-state index in [2.05, 4.69) is 25.3 Å².